The van der Waals surface area contributed by atoms with E-state index in [2.05, 4.69) is 23.5 Å². The third-order valence-corrected chi connectivity index (χ3v) is 1.90. The zero-order valence-electron chi connectivity index (χ0n) is 8.71. The highest BCUT2D eigenvalue weighted by Gasteiger charge is 2.01. The average Bonchev–Trinajstić information content (AvgIpc) is 2.18. The Kier molecular flexibility index (Phi) is 7.39. The minimum absolute atomic E-state index is 0.434. The van der Waals surface area contributed by atoms with E-state index in [1.165, 1.54) is 7.11 Å². The molecule has 0 spiro atoms. The van der Waals surface area contributed by atoms with E-state index in [4.69, 9.17) is 4.74 Å². The molecule has 0 heterocycles. The standard InChI is InChI=1S/C9H19NO3/c1-4-10(5-2)7-6-8-13-9(11)12-3/h4-8H2,1-3H3. The van der Waals surface area contributed by atoms with Crippen LogP contribution in [0.2, 0.25) is 0 Å². The summed E-state index contributed by atoms with van der Waals surface area (Å²) in [6, 6.07) is 0. The largest absolute Gasteiger partial charge is 0.507 e. The van der Waals surface area contributed by atoms with Gasteiger partial charge in [0.05, 0.1) is 13.7 Å². The lowest BCUT2D eigenvalue weighted by molar-refractivity contribution is 0.0694. The zero-order chi connectivity index (χ0) is 10.1. The summed E-state index contributed by atoms with van der Waals surface area (Å²) in [5.41, 5.74) is 0. The van der Waals surface area contributed by atoms with Gasteiger partial charge in [0.25, 0.3) is 0 Å². The molecule has 0 fully saturated rings. The van der Waals surface area contributed by atoms with Gasteiger partial charge in [0.1, 0.15) is 0 Å². The molecule has 0 bridgehead atoms. The number of hydrogen-bond donors (Lipinski definition) is 0. The molecule has 13 heavy (non-hydrogen) atoms. The number of carbonyl (C=O) groups excluding carboxylic acids is 1. The van der Waals surface area contributed by atoms with Crippen LogP contribution in [-0.2, 0) is 9.47 Å². The van der Waals surface area contributed by atoms with Crippen LogP contribution in [0.25, 0.3) is 0 Å². The summed E-state index contributed by atoms with van der Waals surface area (Å²) < 4.78 is 9.08. The predicted octanol–water partition coefficient (Wildman–Crippen LogP) is 1.50. The lowest BCUT2D eigenvalue weighted by Crippen LogP contribution is -2.25. The van der Waals surface area contributed by atoms with Gasteiger partial charge in [-0.3, -0.25) is 0 Å². The first-order valence-corrected chi connectivity index (χ1v) is 4.67. The second kappa shape index (κ2) is 7.86. The van der Waals surface area contributed by atoms with Crippen molar-refractivity contribution in [2.24, 2.45) is 0 Å². The van der Waals surface area contributed by atoms with E-state index in [0.29, 0.717) is 6.61 Å². The molecular formula is C9H19NO3. The van der Waals surface area contributed by atoms with Crippen molar-refractivity contribution in [2.75, 3.05) is 33.4 Å². The van der Waals surface area contributed by atoms with Gasteiger partial charge in [0.2, 0.25) is 0 Å². The smallest absolute Gasteiger partial charge is 0.438 e. The molecule has 0 aromatic rings. The highest BCUT2D eigenvalue weighted by Crippen LogP contribution is 1.92. The molecule has 0 radical (unpaired) electrons. The van der Waals surface area contributed by atoms with Gasteiger partial charge in [-0.1, -0.05) is 13.8 Å². The monoisotopic (exact) mass is 189 g/mol. The fourth-order valence-electron chi connectivity index (χ4n) is 1.04. The van der Waals surface area contributed by atoms with Gasteiger partial charge in [0.15, 0.2) is 0 Å². The van der Waals surface area contributed by atoms with Crippen molar-refractivity contribution in [1.82, 2.24) is 4.90 Å². The molecule has 0 aromatic heterocycles. The number of ether oxygens (including phenoxy) is 2. The number of rotatable bonds is 6. The van der Waals surface area contributed by atoms with E-state index in [9.17, 15) is 4.79 Å². The maximum atomic E-state index is 10.5. The molecule has 0 rings (SSSR count). The van der Waals surface area contributed by atoms with Crippen molar-refractivity contribution in [1.29, 1.82) is 0 Å². The third-order valence-electron chi connectivity index (χ3n) is 1.90. The van der Waals surface area contributed by atoms with Crippen LogP contribution in [0.1, 0.15) is 20.3 Å². The number of methoxy groups -OCH3 is 1. The third kappa shape index (κ3) is 6.40. The van der Waals surface area contributed by atoms with Gasteiger partial charge in [-0.2, -0.15) is 0 Å². The Labute approximate surface area is 79.8 Å². The summed E-state index contributed by atoms with van der Waals surface area (Å²) in [5.74, 6) is 0. The maximum Gasteiger partial charge on any atom is 0.507 e. The van der Waals surface area contributed by atoms with Crippen LogP contribution in [0.4, 0.5) is 4.79 Å². The van der Waals surface area contributed by atoms with Gasteiger partial charge < -0.3 is 14.4 Å². The van der Waals surface area contributed by atoms with Gasteiger partial charge in [-0.15, -0.1) is 0 Å². The number of nitrogens with zero attached hydrogens (tertiary/aromatic N) is 1. The topological polar surface area (TPSA) is 38.8 Å². The predicted molar refractivity (Wildman–Crippen MR) is 50.8 cm³/mol. The summed E-state index contributed by atoms with van der Waals surface area (Å²) in [6.45, 7) is 7.70. The summed E-state index contributed by atoms with van der Waals surface area (Å²) in [6.07, 6.45) is 0.260. The molecule has 0 amide bonds. The SMILES string of the molecule is CCN(CC)CCCOC(=O)OC. The molecular weight excluding hydrogens is 170 g/mol. The fourth-order valence-corrected chi connectivity index (χ4v) is 1.04. The minimum Gasteiger partial charge on any atom is -0.438 e. The number of carbonyl (C=O) groups is 1. The molecule has 0 saturated heterocycles. The summed E-state index contributed by atoms with van der Waals surface area (Å²) in [5, 5.41) is 0. The van der Waals surface area contributed by atoms with Crippen molar-refractivity contribution in [2.45, 2.75) is 20.3 Å². The van der Waals surface area contributed by atoms with Gasteiger partial charge in [-0.05, 0) is 19.5 Å². The molecule has 4 nitrogen and oxygen atoms in total. The van der Waals surface area contributed by atoms with Crippen LogP contribution in [0.15, 0.2) is 0 Å². The Morgan fingerprint density at radius 3 is 2.38 bits per heavy atom. The van der Waals surface area contributed by atoms with E-state index < -0.39 is 6.16 Å². The second-order valence-electron chi connectivity index (χ2n) is 2.68. The van der Waals surface area contributed by atoms with E-state index in [-0.39, 0.29) is 0 Å². The van der Waals surface area contributed by atoms with E-state index >= 15 is 0 Å². The molecule has 78 valence electrons. The molecule has 0 atom stereocenters. The molecule has 0 aliphatic rings. The first kappa shape index (κ1) is 12.2. The second-order valence-corrected chi connectivity index (χ2v) is 2.68. The highest BCUT2D eigenvalue weighted by molar-refractivity contribution is 5.59. The first-order chi connectivity index (χ1) is 6.24. The van der Waals surface area contributed by atoms with Crippen molar-refractivity contribution in [3.8, 4) is 0 Å². The molecule has 0 saturated carbocycles. The van der Waals surface area contributed by atoms with Gasteiger partial charge in [-0.25, -0.2) is 4.79 Å². The van der Waals surface area contributed by atoms with Crippen LogP contribution in [0, 0.1) is 0 Å². The molecule has 4 heteroatoms. The fraction of sp³-hybridized carbons (Fsp3) is 0.889. The van der Waals surface area contributed by atoms with Crippen LogP contribution >= 0.6 is 0 Å². The Hall–Kier alpha value is -0.770. The molecule has 0 aliphatic carbocycles. The van der Waals surface area contributed by atoms with Crippen molar-refractivity contribution >= 4 is 6.16 Å². The van der Waals surface area contributed by atoms with Crippen molar-refractivity contribution in [3.05, 3.63) is 0 Å². The maximum absolute atomic E-state index is 10.5. The Bertz CT molecular complexity index is 135. The van der Waals surface area contributed by atoms with E-state index in [0.717, 1.165) is 26.1 Å². The quantitative estimate of drug-likeness (QED) is 0.469. The van der Waals surface area contributed by atoms with E-state index in [1.54, 1.807) is 0 Å². The Morgan fingerprint density at radius 1 is 1.31 bits per heavy atom. The molecule has 0 N–H and O–H groups in total. The Balaban J connectivity index is 3.28. The summed E-state index contributed by atoms with van der Waals surface area (Å²) in [7, 11) is 1.31. The normalized spacial score (nSPS) is 10.2. The first-order valence-electron chi connectivity index (χ1n) is 4.67. The molecule has 0 unspecified atom stereocenters. The minimum atomic E-state index is -0.598. The number of hydrogen-bond acceptors (Lipinski definition) is 4. The van der Waals surface area contributed by atoms with Crippen LogP contribution < -0.4 is 0 Å². The summed E-state index contributed by atoms with van der Waals surface area (Å²) in [4.78, 5) is 12.8. The van der Waals surface area contributed by atoms with Crippen LogP contribution in [0.5, 0.6) is 0 Å². The lowest BCUT2D eigenvalue weighted by atomic mass is 10.4. The molecule has 0 aromatic carbocycles. The van der Waals surface area contributed by atoms with Crippen LogP contribution in [0.3, 0.4) is 0 Å². The summed E-state index contributed by atoms with van der Waals surface area (Å²) >= 11 is 0. The molecule has 0 aliphatic heterocycles. The van der Waals surface area contributed by atoms with Gasteiger partial charge in [0, 0.05) is 6.54 Å². The van der Waals surface area contributed by atoms with Crippen molar-refractivity contribution in [3.63, 3.8) is 0 Å². The zero-order valence-corrected chi connectivity index (χ0v) is 8.71. The van der Waals surface area contributed by atoms with Crippen molar-refractivity contribution < 1.29 is 14.3 Å². The average molecular weight is 189 g/mol. The van der Waals surface area contributed by atoms with E-state index in [1.807, 2.05) is 0 Å². The Morgan fingerprint density at radius 2 is 1.92 bits per heavy atom. The highest BCUT2D eigenvalue weighted by atomic mass is 16.7. The van der Waals surface area contributed by atoms with Gasteiger partial charge >= 0.3 is 6.16 Å². The lowest BCUT2D eigenvalue weighted by Gasteiger charge is -2.17. The van der Waals surface area contributed by atoms with Crippen LogP contribution in [-0.4, -0.2) is 44.4 Å².